The summed E-state index contributed by atoms with van der Waals surface area (Å²) in [5.74, 6) is 0.235. The summed E-state index contributed by atoms with van der Waals surface area (Å²) in [5, 5.41) is 42.6. The number of hydroxylamine groups is 2. The second kappa shape index (κ2) is 9.09. The SMILES string of the molecule is COc1ccc(CN(O)[C@]2(O)C(n3c(N)c(/C=C/F)cnc3=O)O[C@H](CO)[C@H]2O)cc1. The molecule has 12 heteroatoms. The van der Waals surface area contributed by atoms with Crippen molar-refractivity contribution < 1.29 is 34.4 Å². The average molecular weight is 438 g/mol. The Balaban J connectivity index is 2.04. The summed E-state index contributed by atoms with van der Waals surface area (Å²) in [4.78, 5) is 16.0. The van der Waals surface area contributed by atoms with Gasteiger partial charge in [0.25, 0.3) is 0 Å². The van der Waals surface area contributed by atoms with Crippen molar-refractivity contribution in [1.29, 1.82) is 0 Å². The highest BCUT2D eigenvalue weighted by molar-refractivity contribution is 5.59. The number of ether oxygens (including phenoxy) is 2. The van der Waals surface area contributed by atoms with E-state index in [2.05, 4.69) is 4.98 Å². The third-order valence-corrected chi connectivity index (χ3v) is 5.09. The Kier molecular flexibility index (Phi) is 6.69. The Morgan fingerprint density at radius 2 is 2.10 bits per heavy atom. The van der Waals surface area contributed by atoms with Crippen LogP contribution in [-0.2, 0) is 11.3 Å². The monoisotopic (exact) mass is 438 g/mol. The van der Waals surface area contributed by atoms with Crippen LogP contribution in [0.25, 0.3) is 6.08 Å². The Hall–Kier alpha value is -2.87. The summed E-state index contributed by atoms with van der Waals surface area (Å²) < 4.78 is 23.9. The average Bonchev–Trinajstić information content (AvgIpc) is 3.02. The van der Waals surface area contributed by atoms with E-state index in [-0.39, 0.29) is 24.3 Å². The molecule has 0 radical (unpaired) electrons. The molecule has 1 aliphatic rings. The molecule has 6 N–H and O–H groups in total. The zero-order chi connectivity index (χ0) is 22.8. The number of aliphatic hydroxyl groups excluding tert-OH is 2. The van der Waals surface area contributed by atoms with Gasteiger partial charge in [0.05, 0.1) is 26.6 Å². The van der Waals surface area contributed by atoms with Crippen LogP contribution < -0.4 is 16.2 Å². The molecule has 0 amide bonds. The first-order valence-corrected chi connectivity index (χ1v) is 9.17. The first-order chi connectivity index (χ1) is 14.8. The van der Waals surface area contributed by atoms with Gasteiger partial charge in [-0.1, -0.05) is 12.1 Å². The van der Waals surface area contributed by atoms with Crippen molar-refractivity contribution in [3.63, 3.8) is 0 Å². The number of nitrogens with two attached hydrogens (primary N) is 1. The maximum absolute atomic E-state index is 12.7. The van der Waals surface area contributed by atoms with Gasteiger partial charge in [-0.2, -0.15) is 0 Å². The molecule has 2 aromatic rings. The van der Waals surface area contributed by atoms with Crippen molar-refractivity contribution in [3.8, 4) is 5.75 Å². The van der Waals surface area contributed by atoms with Crippen LogP contribution in [0.3, 0.4) is 0 Å². The summed E-state index contributed by atoms with van der Waals surface area (Å²) in [7, 11) is 1.49. The first kappa shape index (κ1) is 22.8. The predicted octanol–water partition coefficient (Wildman–Crippen LogP) is -0.395. The van der Waals surface area contributed by atoms with E-state index in [4.69, 9.17) is 15.2 Å². The Labute approximate surface area is 176 Å². The molecule has 2 heterocycles. The number of rotatable bonds is 7. The second-order valence-corrected chi connectivity index (χ2v) is 6.89. The van der Waals surface area contributed by atoms with Gasteiger partial charge in [0.1, 0.15) is 23.8 Å². The van der Waals surface area contributed by atoms with Crippen molar-refractivity contribution in [1.82, 2.24) is 14.6 Å². The lowest BCUT2D eigenvalue weighted by molar-refractivity contribution is -0.317. The molecular formula is C19H23FN4O7. The molecule has 3 rings (SSSR count). The van der Waals surface area contributed by atoms with Crippen LogP contribution >= 0.6 is 0 Å². The van der Waals surface area contributed by atoms with Crippen LogP contribution in [0.15, 0.2) is 41.6 Å². The van der Waals surface area contributed by atoms with Crippen molar-refractivity contribution in [2.45, 2.75) is 30.7 Å². The number of hydrogen-bond acceptors (Lipinski definition) is 10. The number of nitrogen functional groups attached to an aromatic ring is 1. The van der Waals surface area contributed by atoms with Gasteiger partial charge in [0, 0.05) is 11.8 Å². The third-order valence-electron chi connectivity index (χ3n) is 5.09. The molecule has 0 spiro atoms. The largest absolute Gasteiger partial charge is 0.497 e. The van der Waals surface area contributed by atoms with Gasteiger partial charge >= 0.3 is 5.69 Å². The normalized spacial score (nSPS) is 26.1. The first-order valence-electron chi connectivity index (χ1n) is 9.17. The highest BCUT2D eigenvalue weighted by Gasteiger charge is 2.60. The number of hydrogen-bond donors (Lipinski definition) is 5. The van der Waals surface area contributed by atoms with E-state index in [9.17, 15) is 29.7 Å². The summed E-state index contributed by atoms with van der Waals surface area (Å²) in [6, 6.07) is 6.48. The van der Waals surface area contributed by atoms with Gasteiger partial charge in [-0.15, -0.1) is 5.06 Å². The second-order valence-electron chi connectivity index (χ2n) is 6.89. The van der Waals surface area contributed by atoms with E-state index in [0.29, 0.717) is 20.9 Å². The fraction of sp³-hybridized carbons (Fsp3) is 0.368. The van der Waals surface area contributed by atoms with Crippen LogP contribution in [0, 0.1) is 0 Å². The van der Waals surface area contributed by atoms with Crippen LogP contribution in [0.1, 0.15) is 17.4 Å². The predicted molar refractivity (Wildman–Crippen MR) is 105 cm³/mol. The molecule has 0 saturated carbocycles. The van der Waals surface area contributed by atoms with E-state index in [1.807, 2.05) is 0 Å². The number of aromatic nitrogens is 2. The molecule has 168 valence electrons. The van der Waals surface area contributed by atoms with Crippen LogP contribution in [0.4, 0.5) is 10.2 Å². The topological polar surface area (TPSA) is 164 Å². The van der Waals surface area contributed by atoms with Crippen LogP contribution in [0.2, 0.25) is 0 Å². The lowest BCUT2D eigenvalue weighted by atomic mass is 10.0. The van der Waals surface area contributed by atoms with Crippen molar-refractivity contribution in [2.75, 3.05) is 19.5 Å². The smallest absolute Gasteiger partial charge is 0.351 e. The molecule has 1 aromatic carbocycles. The van der Waals surface area contributed by atoms with Crippen LogP contribution in [-0.4, -0.2) is 66.8 Å². The molecule has 11 nitrogen and oxygen atoms in total. The standard InChI is InChI=1S/C19H23FN4O7/c1-30-13-4-2-11(3-5-13)9-23(29)19(28)15(26)14(10-25)31-17(19)24-16(21)12(6-7-20)8-22-18(24)27/h2-8,14-15,17,25-26,28-29H,9-10,21H2,1H3/b7-6+/t14-,15-,17?,19-/m1/s1. The van der Waals surface area contributed by atoms with Gasteiger partial charge in [-0.3, -0.25) is 0 Å². The van der Waals surface area contributed by atoms with Crippen molar-refractivity contribution in [2.24, 2.45) is 0 Å². The minimum Gasteiger partial charge on any atom is -0.497 e. The molecule has 1 aliphatic heterocycles. The number of nitrogens with zero attached hydrogens (tertiary/aromatic N) is 3. The number of aliphatic hydroxyl groups is 3. The lowest BCUT2D eigenvalue weighted by Crippen LogP contribution is -2.59. The molecule has 1 saturated heterocycles. The van der Waals surface area contributed by atoms with Crippen molar-refractivity contribution in [3.05, 3.63) is 58.4 Å². The quantitative estimate of drug-likeness (QED) is 0.284. The van der Waals surface area contributed by atoms with E-state index in [1.165, 1.54) is 7.11 Å². The number of methoxy groups -OCH3 is 1. The van der Waals surface area contributed by atoms with Gasteiger partial charge in [0.15, 0.2) is 6.23 Å². The van der Waals surface area contributed by atoms with E-state index < -0.39 is 36.5 Å². The molecule has 1 aromatic heterocycles. The Morgan fingerprint density at radius 1 is 1.42 bits per heavy atom. The summed E-state index contributed by atoms with van der Waals surface area (Å²) >= 11 is 0. The van der Waals surface area contributed by atoms with Crippen molar-refractivity contribution >= 4 is 11.9 Å². The fourth-order valence-corrected chi connectivity index (χ4v) is 3.38. The highest BCUT2D eigenvalue weighted by Crippen LogP contribution is 2.41. The number of halogens is 1. The van der Waals surface area contributed by atoms with E-state index >= 15 is 0 Å². The van der Waals surface area contributed by atoms with E-state index in [0.717, 1.165) is 12.3 Å². The fourth-order valence-electron chi connectivity index (χ4n) is 3.38. The minimum absolute atomic E-state index is 0.00497. The number of anilines is 1. The maximum atomic E-state index is 12.7. The van der Waals surface area contributed by atoms with E-state index in [1.54, 1.807) is 24.3 Å². The molecule has 31 heavy (non-hydrogen) atoms. The molecule has 1 fully saturated rings. The van der Waals surface area contributed by atoms with Gasteiger partial charge in [0.2, 0.25) is 5.72 Å². The molecule has 0 bridgehead atoms. The zero-order valence-electron chi connectivity index (χ0n) is 16.5. The van der Waals surface area contributed by atoms with Gasteiger partial charge < -0.3 is 35.7 Å². The summed E-state index contributed by atoms with van der Waals surface area (Å²) in [5.41, 5.74) is 2.85. The summed E-state index contributed by atoms with van der Waals surface area (Å²) in [6.45, 7) is -1.04. The zero-order valence-corrected chi connectivity index (χ0v) is 16.5. The highest BCUT2D eigenvalue weighted by atomic mass is 19.1. The Morgan fingerprint density at radius 3 is 2.68 bits per heavy atom. The summed E-state index contributed by atoms with van der Waals surface area (Å²) in [6.07, 6.45) is -2.87. The van der Waals surface area contributed by atoms with Gasteiger partial charge in [-0.25, -0.2) is 18.7 Å². The third kappa shape index (κ3) is 4.04. The minimum atomic E-state index is -2.62. The molecule has 4 atom stereocenters. The number of benzene rings is 1. The Bertz CT molecular complexity index is 1000. The van der Waals surface area contributed by atoms with Crippen LogP contribution in [0.5, 0.6) is 5.75 Å². The molecule has 0 aliphatic carbocycles. The van der Waals surface area contributed by atoms with Gasteiger partial charge in [-0.05, 0) is 23.8 Å². The lowest BCUT2D eigenvalue weighted by Gasteiger charge is -2.38. The molecule has 1 unspecified atom stereocenters. The molecular weight excluding hydrogens is 415 g/mol. The maximum Gasteiger partial charge on any atom is 0.351 e.